The fourth-order valence-electron chi connectivity index (χ4n) is 1.18. The molecule has 1 aromatic rings. The molecular weight excluding hydrogens is 245 g/mol. The van der Waals surface area contributed by atoms with Gasteiger partial charge in [0, 0.05) is 5.56 Å². The fraction of sp³-hybridized carbons (Fsp3) is 0.167. The van der Waals surface area contributed by atoms with Gasteiger partial charge in [0.2, 0.25) is 5.91 Å². The Labute approximate surface area is 101 Å². The number of nitrogens with zero attached hydrogens (tertiary/aromatic N) is 1. The van der Waals surface area contributed by atoms with Crippen LogP contribution in [0.3, 0.4) is 0 Å². The number of hydrogen-bond acceptors (Lipinski definition) is 2. The van der Waals surface area contributed by atoms with Crippen LogP contribution in [0.15, 0.2) is 18.2 Å². The first kappa shape index (κ1) is 13.6. The molecule has 0 aliphatic heterocycles. The second kappa shape index (κ2) is 5.24. The monoisotopic (exact) mass is 252 g/mol. The quantitative estimate of drug-likeness (QED) is 0.774. The van der Waals surface area contributed by atoms with E-state index in [1.165, 1.54) is 6.07 Å². The Kier molecular flexibility index (Phi) is 3.96. The zero-order valence-electron chi connectivity index (χ0n) is 9.01. The minimum atomic E-state index is -4.61. The van der Waals surface area contributed by atoms with Crippen molar-refractivity contribution in [2.24, 2.45) is 5.73 Å². The van der Waals surface area contributed by atoms with Crippen molar-refractivity contribution >= 4 is 5.91 Å². The van der Waals surface area contributed by atoms with Gasteiger partial charge in [-0.2, -0.15) is 18.4 Å². The van der Waals surface area contributed by atoms with E-state index in [2.05, 4.69) is 11.8 Å². The van der Waals surface area contributed by atoms with Crippen molar-refractivity contribution < 1.29 is 18.0 Å². The predicted molar refractivity (Wildman–Crippen MR) is 56.8 cm³/mol. The molecule has 0 bridgehead atoms. The topological polar surface area (TPSA) is 66.9 Å². The average Bonchev–Trinajstić information content (AvgIpc) is 2.27. The fourth-order valence-corrected chi connectivity index (χ4v) is 1.18. The first-order valence-electron chi connectivity index (χ1n) is 4.73. The Hall–Kier alpha value is -2.47. The van der Waals surface area contributed by atoms with Gasteiger partial charge in [-0.3, -0.25) is 4.79 Å². The minimum Gasteiger partial charge on any atom is -0.369 e. The molecule has 0 unspecified atom stereocenters. The van der Waals surface area contributed by atoms with Crippen LogP contribution in [-0.4, -0.2) is 5.91 Å². The maximum atomic E-state index is 12.7. The summed E-state index contributed by atoms with van der Waals surface area (Å²) in [6.45, 7) is 0. The molecule has 0 saturated carbocycles. The van der Waals surface area contributed by atoms with Crippen LogP contribution >= 0.6 is 0 Å². The van der Waals surface area contributed by atoms with E-state index < -0.39 is 17.6 Å². The highest BCUT2D eigenvalue weighted by Crippen LogP contribution is 2.32. The molecule has 1 aromatic carbocycles. The number of hydrogen-bond donors (Lipinski definition) is 1. The third kappa shape index (κ3) is 3.53. The second-order valence-corrected chi connectivity index (χ2v) is 3.31. The van der Waals surface area contributed by atoms with E-state index in [1.54, 1.807) is 6.07 Å². The summed E-state index contributed by atoms with van der Waals surface area (Å²) < 4.78 is 38.0. The van der Waals surface area contributed by atoms with Gasteiger partial charge in [-0.1, -0.05) is 11.8 Å². The molecule has 0 heterocycles. The first-order valence-corrected chi connectivity index (χ1v) is 4.73. The molecule has 6 heteroatoms. The van der Waals surface area contributed by atoms with E-state index in [-0.39, 0.29) is 17.5 Å². The van der Waals surface area contributed by atoms with Crippen molar-refractivity contribution in [1.82, 2.24) is 0 Å². The third-order valence-electron chi connectivity index (χ3n) is 1.94. The van der Waals surface area contributed by atoms with Gasteiger partial charge in [-0.25, -0.2) is 0 Å². The number of amides is 1. The van der Waals surface area contributed by atoms with Gasteiger partial charge in [0.05, 0.1) is 23.6 Å². The summed E-state index contributed by atoms with van der Waals surface area (Å²) in [6, 6.07) is 4.65. The number of carbonyl (C=O) groups excluding carboxylic acids is 1. The Balaban J connectivity index is 3.22. The van der Waals surface area contributed by atoms with Crippen LogP contribution in [-0.2, 0) is 11.0 Å². The maximum Gasteiger partial charge on any atom is 0.417 e. The normalized spacial score (nSPS) is 10.1. The molecule has 0 atom stereocenters. The van der Waals surface area contributed by atoms with Gasteiger partial charge >= 0.3 is 6.18 Å². The van der Waals surface area contributed by atoms with E-state index in [0.29, 0.717) is 6.07 Å². The third-order valence-corrected chi connectivity index (χ3v) is 1.94. The van der Waals surface area contributed by atoms with E-state index in [1.807, 2.05) is 0 Å². The summed E-state index contributed by atoms with van der Waals surface area (Å²) in [5.74, 6) is 3.75. The van der Waals surface area contributed by atoms with Crippen molar-refractivity contribution in [3.8, 4) is 17.9 Å². The number of primary amides is 1. The number of halogens is 3. The lowest BCUT2D eigenvalue weighted by Gasteiger charge is -2.09. The number of alkyl halides is 3. The Morgan fingerprint density at radius 2 is 2.06 bits per heavy atom. The van der Waals surface area contributed by atoms with Crippen LogP contribution in [0, 0.1) is 23.2 Å². The van der Waals surface area contributed by atoms with Crippen molar-refractivity contribution in [1.29, 1.82) is 5.26 Å². The number of carbonyl (C=O) groups is 1. The lowest BCUT2D eigenvalue weighted by atomic mass is 10.0. The predicted octanol–water partition coefficient (Wildman–Crippen LogP) is 1.80. The second-order valence-electron chi connectivity index (χ2n) is 3.31. The summed E-state index contributed by atoms with van der Waals surface area (Å²) in [5, 5.41) is 8.55. The van der Waals surface area contributed by atoms with E-state index >= 15 is 0 Å². The van der Waals surface area contributed by atoms with E-state index in [0.717, 1.165) is 6.07 Å². The van der Waals surface area contributed by atoms with Crippen LogP contribution in [0.1, 0.15) is 23.1 Å². The number of nitriles is 1. The zero-order chi connectivity index (χ0) is 13.8. The van der Waals surface area contributed by atoms with Crippen LogP contribution in [0.2, 0.25) is 0 Å². The smallest absolute Gasteiger partial charge is 0.369 e. The van der Waals surface area contributed by atoms with Crippen molar-refractivity contribution in [3.63, 3.8) is 0 Å². The molecule has 1 amide bonds. The van der Waals surface area contributed by atoms with Gasteiger partial charge in [0.15, 0.2) is 0 Å². The summed E-state index contributed by atoms with van der Waals surface area (Å²) in [6.07, 6.45) is -4.93. The molecule has 0 aromatic heterocycles. The molecule has 3 nitrogen and oxygen atoms in total. The summed E-state index contributed by atoms with van der Waals surface area (Å²) >= 11 is 0. The van der Waals surface area contributed by atoms with Gasteiger partial charge < -0.3 is 5.73 Å². The van der Waals surface area contributed by atoms with E-state index in [4.69, 9.17) is 11.0 Å². The van der Waals surface area contributed by atoms with Crippen molar-refractivity contribution in [3.05, 3.63) is 34.9 Å². The molecule has 18 heavy (non-hydrogen) atoms. The molecule has 1 rings (SSSR count). The Bertz CT molecular complexity index is 574. The Morgan fingerprint density at radius 3 is 2.56 bits per heavy atom. The molecular formula is C12H7F3N2O. The van der Waals surface area contributed by atoms with Gasteiger partial charge in [0.1, 0.15) is 0 Å². The van der Waals surface area contributed by atoms with Crippen LogP contribution in [0.4, 0.5) is 13.2 Å². The van der Waals surface area contributed by atoms with Gasteiger partial charge in [0.25, 0.3) is 0 Å². The molecule has 0 fully saturated rings. The standard InChI is InChI=1S/C12H7F3N2O/c13-12(14,15)10-6-8(7-16)4-5-9(10)2-1-3-11(17)18/h4-6H,3H2,(H2,17,18). The van der Waals surface area contributed by atoms with Crippen LogP contribution in [0.5, 0.6) is 0 Å². The molecule has 0 aliphatic rings. The number of nitrogens with two attached hydrogens (primary N) is 1. The molecule has 0 aliphatic carbocycles. The highest BCUT2D eigenvalue weighted by atomic mass is 19.4. The summed E-state index contributed by atoms with van der Waals surface area (Å²) in [7, 11) is 0. The van der Waals surface area contributed by atoms with Gasteiger partial charge in [-0.15, -0.1) is 0 Å². The maximum absolute atomic E-state index is 12.7. The lowest BCUT2D eigenvalue weighted by Crippen LogP contribution is -2.09. The highest BCUT2D eigenvalue weighted by molar-refractivity contribution is 5.76. The Morgan fingerprint density at radius 1 is 1.39 bits per heavy atom. The minimum absolute atomic E-state index is 0.109. The van der Waals surface area contributed by atoms with Crippen LogP contribution < -0.4 is 5.73 Å². The van der Waals surface area contributed by atoms with Crippen molar-refractivity contribution in [2.75, 3.05) is 0 Å². The SMILES string of the molecule is N#Cc1ccc(C#CCC(N)=O)c(C(F)(F)F)c1. The summed E-state index contributed by atoms with van der Waals surface area (Å²) in [5.41, 5.74) is 3.42. The number of benzene rings is 1. The largest absolute Gasteiger partial charge is 0.417 e. The molecule has 0 radical (unpaired) electrons. The first-order chi connectivity index (χ1) is 8.34. The molecule has 92 valence electrons. The summed E-state index contributed by atoms with van der Waals surface area (Å²) in [4.78, 5) is 10.4. The van der Waals surface area contributed by atoms with Crippen molar-refractivity contribution in [2.45, 2.75) is 12.6 Å². The molecule has 0 spiro atoms. The zero-order valence-corrected chi connectivity index (χ0v) is 9.01. The molecule has 2 N–H and O–H groups in total. The number of rotatable bonds is 1. The van der Waals surface area contributed by atoms with Gasteiger partial charge in [-0.05, 0) is 18.2 Å². The van der Waals surface area contributed by atoms with E-state index in [9.17, 15) is 18.0 Å². The van der Waals surface area contributed by atoms with Crippen LogP contribution in [0.25, 0.3) is 0 Å². The highest BCUT2D eigenvalue weighted by Gasteiger charge is 2.33. The average molecular weight is 252 g/mol. The molecule has 0 saturated heterocycles. The lowest BCUT2D eigenvalue weighted by molar-refractivity contribution is -0.137.